The molecule has 2 heteroatoms. The van der Waals surface area contributed by atoms with E-state index in [0.717, 1.165) is 19.4 Å². The van der Waals surface area contributed by atoms with Crippen molar-refractivity contribution >= 4 is 0 Å². The first kappa shape index (κ1) is 12.0. The molecule has 14 heavy (non-hydrogen) atoms. The number of hydrogen-bond acceptors (Lipinski definition) is 2. The molecule has 0 bridgehead atoms. The molecule has 84 valence electrons. The Morgan fingerprint density at radius 3 is 2.07 bits per heavy atom. The Morgan fingerprint density at radius 1 is 1.21 bits per heavy atom. The van der Waals surface area contributed by atoms with Crippen LogP contribution in [0.1, 0.15) is 59.3 Å². The zero-order valence-electron chi connectivity index (χ0n) is 10.0. The van der Waals surface area contributed by atoms with Crippen LogP contribution >= 0.6 is 0 Å². The van der Waals surface area contributed by atoms with Crippen LogP contribution in [0, 0.1) is 0 Å². The van der Waals surface area contributed by atoms with Crippen LogP contribution in [-0.2, 0) is 0 Å². The smallest absolute Gasteiger partial charge is 0.0275 e. The van der Waals surface area contributed by atoms with Gasteiger partial charge < -0.3 is 11.1 Å². The van der Waals surface area contributed by atoms with Crippen molar-refractivity contribution in [3.8, 4) is 0 Å². The lowest BCUT2D eigenvalue weighted by Crippen LogP contribution is -2.58. The summed E-state index contributed by atoms with van der Waals surface area (Å²) in [6.07, 6.45) is 7.44. The van der Waals surface area contributed by atoms with Crippen LogP contribution < -0.4 is 11.1 Å². The number of nitrogens with two attached hydrogens (primary N) is 1. The molecule has 0 aromatic carbocycles. The predicted molar refractivity (Wildman–Crippen MR) is 62.4 cm³/mol. The highest BCUT2D eigenvalue weighted by molar-refractivity contribution is 4.97. The normalized spacial score (nSPS) is 20.6. The summed E-state index contributed by atoms with van der Waals surface area (Å²) in [6, 6.07) is 0. The molecular formula is C12H26N2. The molecule has 1 aliphatic rings. The lowest BCUT2D eigenvalue weighted by Gasteiger charge is -2.44. The van der Waals surface area contributed by atoms with E-state index < -0.39 is 0 Å². The van der Waals surface area contributed by atoms with E-state index in [1.54, 1.807) is 0 Å². The molecule has 2 nitrogen and oxygen atoms in total. The first-order chi connectivity index (χ1) is 6.60. The average Bonchev–Trinajstić information content (AvgIpc) is 2.16. The molecule has 0 unspecified atom stereocenters. The minimum atomic E-state index is 0.0117. The highest BCUT2D eigenvalue weighted by Crippen LogP contribution is 2.34. The average molecular weight is 198 g/mol. The summed E-state index contributed by atoms with van der Waals surface area (Å²) in [4.78, 5) is 0. The molecule has 0 aromatic heterocycles. The molecule has 0 amide bonds. The predicted octanol–water partition coefficient (Wildman–Crippen LogP) is 2.43. The molecule has 1 fully saturated rings. The summed E-state index contributed by atoms with van der Waals surface area (Å²) >= 11 is 0. The van der Waals surface area contributed by atoms with E-state index in [0.29, 0.717) is 5.54 Å². The first-order valence-electron chi connectivity index (χ1n) is 6.13. The van der Waals surface area contributed by atoms with Crippen molar-refractivity contribution in [3.63, 3.8) is 0 Å². The van der Waals surface area contributed by atoms with Crippen molar-refractivity contribution in [1.29, 1.82) is 0 Å². The Kier molecular flexibility index (Phi) is 3.96. The van der Waals surface area contributed by atoms with Gasteiger partial charge in [-0.1, -0.05) is 20.8 Å². The molecule has 1 saturated carbocycles. The van der Waals surface area contributed by atoms with Crippen molar-refractivity contribution in [2.75, 3.05) is 6.54 Å². The van der Waals surface area contributed by atoms with Gasteiger partial charge in [0.1, 0.15) is 0 Å². The SMILES string of the molecule is CCC(N)(CC)CNC1(CC)CCC1. The fourth-order valence-corrected chi connectivity index (χ4v) is 2.12. The van der Waals surface area contributed by atoms with Gasteiger partial charge in [-0.25, -0.2) is 0 Å². The van der Waals surface area contributed by atoms with Gasteiger partial charge in [0, 0.05) is 17.6 Å². The minimum absolute atomic E-state index is 0.0117. The van der Waals surface area contributed by atoms with Gasteiger partial charge in [0.05, 0.1) is 0 Å². The quantitative estimate of drug-likeness (QED) is 0.688. The van der Waals surface area contributed by atoms with Crippen LogP contribution in [0.5, 0.6) is 0 Å². The third kappa shape index (κ3) is 2.48. The van der Waals surface area contributed by atoms with Crippen LogP contribution in [0.15, 0.2) is 0 Å². The fourth-order valence-electron chi connectivity index (χ4n) is 2.12. The number of hydrogen-bond donors (Lipinski definition) is 2. The third-order valence-electron chi connectivity index (χ3n) is 4.21. The highest BCUT2D eigenvalue weighted by Gasteiger charge is 2.36. The van der Waals surface area contributed by atoms with Crippen LogP contribution in [-0.4, -0.2) is 17.6 Å². The van der Waals surface area contributed by atoms with Gasteiger partial charge in [-0.2, -0.15) is 0 Å². The zero-order valence-corrected chi connectivity index (χ0v) is 10.0. The standard InChI is InChI=1S/C12H26N2/c1-4-11(13,5-2)10-14-12(6-3)8-7-9-12/h14H,4-10,13H2,1-3H3. The Bertz CT molecular complexity index is 151. The van der Waals surface area contributed by atoms with Crippen LogP contribution in [0.2, 0.25) is 0 Å². The van der Waals surface area contributed by atoms with E-state index in [9.17, 15) is 0 Å². The van der Waals surface area contributed by atoms with Gasteiger partial charge in [-0.3, -0.25) is 0 Å². The summed E-state index contributed by atoms with van der Waals surface area (Å²) in [7, 11) is 0. The van der Waals surface area contributed by atoms with Gasteiger partial charge >= 0.3 is 0 Å². The lowest BCUT2D eigenvalue weighted by atomic mass is 9.74. The zero-order chi connectivity index (χ0) is 10.7. The van der Waals surface area contributed by atoms with Gasteiger partial charge in [-0.15, -0.1) is 0 Å². The van der Waals surface area contributed by atoms with Crippen LogP contribution in [0.4, 0.5) is 0 Å². The Morgan fingerprint density at radius 2 is 1.79 bits per heavy atom. The summed E-state index contributed by atoms with van der Waals surface area (Å²) in [5.41, 5.74) is 6.73. The molecule has 1 rings (SSSR count). The molecule has 3 N–H and O–H groups in total. The molecule has 1 aliphatic carbocycles. The second kappa shape index (κ2) is 4.63. The van der Waals surface area contributed by atoms with E-state index in [-0.39, 0.29) is 5.54 Å². The van der Waals surface area contributed by atoms with E-state index in [4.69, 9.17) is 5.73 Å². The third-order valence-corrected chi connectivity index (χ3v) is 4.21. The molecule has 0 radical (unpaired) electrons. The maximum atomic E-state index is 6.27. The summed E-state index contributed by atoms with van der Waals surface area (Å²) in [5, 5.41) is 3.70. The monoisotopic (exact) mass is 198 g/mol. The van der Waals surface area contributed by atoms with Crippen molar-refractivity contribution in [1.82, 2.24) is 5.32 Å². The molecule has 0 saturated heterocycles. The Hall–Kier alpha value is -0.0800. The second-order valence-electron chi connectivity index (χ2n) is 4.91. The maximum Gasteiger partial charge on any atom is 0.0275 e. The van der Waals surface area contributed by atoms with Gasteiger partial charge in [0.2, 0.25) is 0 Å². The summed E-state index contributed by atoms with van der Waals surface area (Å²) in [5.74, 6) is 0. The molecule has 0 aromatic rings. The van der Waals surface area contributed by atoms with Crippen molar-refractivity contribution in [2.45, 2.75) is 70.4 Å². The van der Waals surface area contributed by atoms with Gasteiger partial charge in [0.15, 0.2) is 0 Å². The van der Waals surface area contributed by atoms with Crippen LogP contribution in [0.3, 0.4) is 0 Å². The Labute approximate surface area is 88.6 Å². The largest absolute Gasteiger partial charge is 0.324 e. The number of rotatable bonds is 6. The second-order valence-corrected chi connectivity index (χ2v) is 4.91. The fraction of sp³-hybridized carbons (Fsp3) is 1.00. The summed E-state index contributed by atoms with van der Waals surface area (Å²) in [6.45, 7) is 7.63. The van der Waals surface area contributed by atoms with E-state index in [1.165, 1.54) is 25.7 Å². The first-order valence-corrected chi connectivity index (χ1v) is 6.13. The Balaban J connectivity index is 2.37. The topological polar surface area (TPSA) is 38.0 Å². The molecule has 0 spiro atoms. The molecule has 0 atom stereocenters. The molecule has 0 heterocycles. The van der Waals surface area contributed by atoms with Crippen molar-refractivity contribution in [3.05, 3.63) is 0 Å². The van der Waals surface area contributed by atoms with Crippen LogP contribution in [0.25, 0.3) is 0 Å². The number of nitrogens with one attached hydrogen (secondary N) is 1. The van der Waals surface area contributed by atoms with E-state index in [1.807, 2.05) is 0 Å². The van der Waals surface area contributed by atoms with E-state index in [2.05, 4.69) is 26.1 Å². The highest BCUT2D eigenvalue weighted by atomic mass is 15.0. The molecule has 0 aliphatic heterocycles. The van der Waals surface area contributed by atoms with E-state index >= 15 is 0 Å². The molecular weight excluding hydrogens is 172 g/mol. The lowest BCUT2D eigenvalue weighted by molar-refractivity contribution is 0.160. The van der Waals surface area contributed by atoms with Gasteiger partial charge in [0.25, 0.3) is 0 Å². The maximum absolute atomic E-state index is 6.27. The van der Waals surface area contributed by atoms with Crippen molar-refractivity contribution < 1.29 is 0 Å². The van der Waals surface area contributed by atoms with Crippen molar-refractivity contribution in [2.24, 2.45) is 5.73 Å². The minimum Gasteiger partial charge on any atom is -0.324 e. The van der Waals surface area contributed by atoms with Gasteiger partial charge in [-0.05, 0) is 38.5 Å². The summed E-state index contributed by atoms with van der Waals surface area (Å²) < 4.78 is 0.